The minimum absolute atomic E-state index is 0.117. The van der Waals surface area contributed by atoms with E-state index in [1.54, 1.807) is 0 Å². The van der Waals surface area contributed by atoms with Crippen molar-refractivity contribution < 1.29 is 19.8 Å². The minimum Gasteiger partial charge on any atom is -0.480 e. The smallest absolute Gasteiger partial charge is 0.321 e. The number of carbonyl (C=O) groups is 2. The number of carbonyl (C=O) groups excluding carboxylic acids is 1. The van der Waals surface area contributed by atoms with Crippen LogP contribution in [0.5, 0.6) is 0 Å². The van der Waals surface area contributed by atoms with Gasteiger partial charge in [0.25, 0.3) is 0 Å². The largest absolute Gasteiger partial charge is 0.480 e. The van der Waals surface area contributed by atoms with Crippen molar-refractivity contribution in [3.63, 3.8) is 0 Å². The van der Waals surface area contributed by atoms with Gasteiger partial charge >= 0.3 is 5.97 Å². The Morgan fingerprint density at radius 2 is 2.15 bits per heavy atom. The van der Waals surface area contributed by atoms with Gasteiger partial charge in [0, 0.05) is 13.0 Å². The molecule has 0 aromatic rings. The summed E-state index contributed by atoms with van der Waals surface area (Å²) in [5.74, 6) is -1.61. The van der Waals surface area contributed by atoms with Gasteiger partial charge < -0.3 is 15.9 Å². The Bertz CT molecular complexity index is 231. The van der Waals surface area contributed by atoms with Gasteiger partial charge in [-0.1, -0.05) is 0 Å². The molecule has 1 aliphatic heterocycles. The number of hydrogen-bond donors (Lipinski definition) is 3. The number of amides is 1. The van der Waals surface area contributed by atoms with Crippen LogP contribution in [0.4, 0.5) is 0 Å². The number of aliphatic hydroxyl groups is 1. The fourth-order valence-corrected chi connectivity index (χ4v) is 1.51. The van der Waals surface area contributed by atoms with Gasteiger partial charge in [0.15, 0.2) is 0 Å². The van der Waals surface area contributed by atoms with Crippen LogP contribution in [0.25, 0.3) is 0 Å². The maximum atomic E-state index is 10.6. The lowest BCUT2D eigenvalue weighted by Crippen LogP contribution is -2.41. The molecule has 1 heterocycles. The molecular weight excluding hydrogens is 176 g/mol. The van der Waals surface area contributed by atoms with E-state index in [0.717, 1.165) is 0 Å². The maximum Gasteiger partial charge on any atom is 0.321 e. The molecule has 0 radical (unpaired) electrons. The van der Waals surface area contributed by atoms with Crippen molar-refractivity contribution in [2.75, 3.05) is 13.1 Å². The SMILES string of the molecule is NC(=O)CN1CC(O)CC1C(=O)O. The van der Waals surface area contributed by atoms with Gasteiger partial charge in [-0.15, -0.1) is 0 Å². The normalized spacial score (nSPS) is 29.0. The number of aliphatic carboxylic acids is 1. The molecule has 0 aromatic carbocycles. The van der Waals surface area contributed by atoms with Crippen LogP contribution in [-0.2, 0) is 9.59 Å². The lowest BCUT2D eigenvalue weighted by Gasteiger charge is -2.18. The van der Waals surface area contributed by atoms with Crippen LogP contribution in [0.1, 0.15) is 6.42 Å². The van der Waals surface area contributed by atoms with E-state index in [9.17, 15) is 14.7 Å². The van der Waals surface area contributed by atoms with Crippen molar-refractivity contribution in [3.8, 4) is 0 Å². The first-order valence-electron chi connectivity index (χ1n) is 3.94. The molecule has 13 heavy (non-hydrogen) atoms. The molecule has 1 rings (SSSR count). The number of aliphatic hydroxyl groups excluding tert-OH is 1. The van der Waals surface area contributed by atoms with Crippen LogP contribution in [0.15, 0.2) is 0 Å². The number of β-amino-alcohol motifs (C(OH)–C–C–N with tert-alkyl or cyclic N) is 1. The molecule has 0 bridgehead atoms. The second-order valence-electron chi connectivity index (χ2n) is 3.14. The Morgan fingerprint density at radius 3 is 2.62 bits per heavy atom. The topological polar surface area (TPSA) is 104 Å². The summed E-state index contributed by atoms with van der Waals surface area (Å²) in [6, 6.07) is -0.789. The molecule has 1 fully saturated rings. The average molecular weight is 188 g/mol. The van der Waals surface area contributed by atoms with Crippen LogP contribution < -0.4 is 5.73 Å². The highest BCUT2D eigenvalue weighted by Crippen LogP contribution is 2.17. The van der Waals surface area contributed by atoms with Crippen molar-refractivity contribution in [2.24, 2.45) is 5.73 Å². The van der Waals surface area contributed by atoms with Crippen LogP contribution in [-0.4, -0.2) is 52.2 Å². The monoisotopic (exact) mass is 188 g/mol. The first-order chi connectivity index (χ1) is 6.00. The summed E-state index contributed by atoms with van der Waals surface area (Å²) in [7, 11) is 0. The zero-order chi connectivity index (χ0) is 10.0. The molecule has 2 unspecified atom stereocenters. The quantitative estimate of drug-likeness (QED) is 0.475. The van der Waals surface area contributed by atoms with Gasteiger partial charge in [-0.25, -0.2) is 0 Å². The van der Waals surface area contributed by atoms with Crippen molar-refractivity contribution in [3.05, 3.63) is 0 Å². The van der Waals surface area contributed by atoms with Crippen LogP contribution in [0.2, 0.25) is 0 Å². The minimum atomic E-state index is -1.03. The molecule has 0 saturated carbocycles. The van der Waals surface area contributed by atoms with E-state index in [2.05, 4.69) is 0 Å². The standard InChI is InChI=1S/C7H12N2O4/c8-6(11)3-9-2-4(10)1-5(9)7(12)13/h4-5,10H,1-3H2,(H2,8,11)(H,12,13). The molecule has 0 aliphatic carbocycles. The summed E-state index contributed by atoms with van der Waals surface area (Å²) in [4.78, 5) is 22.5. The average Bonchev–Trinajstić information content (AvgIpc) is 2.29. The van der Waals surface area contributed by atoms with Crippen molar-refractivity contribution in [2.45, 2.75) is 18.6 Å². The summed E-state index contributed by atoms with van der Waals surface area (Å²) >= 11 is 0. The first-order valence-corrected chi connectivity index (χ1v) is 3.94. The van der Waals surface area contributed by atoms with Gasteiger partial charge in [-0.3, -0.25) is 14.5 Å². The zero-order valence-electron chi connectivity index (χ0n) is 7.01. The second kappa shape index (κ2) is 3.71. The molecule has 4 N–H and O–H groups in total. The predicted octanol–water partition coefficient (Wildman–Crippen LogP) is -2.01. The highest BCUT2D eigenvalue weighted by molar-refractivity contribution is 5.78. The first kappa shape index (κ1) is 9.94. The molecule has 74 valence electrons. The van der Waals surface area contributed by atoms with Gasteiger partial charge in [0.1, 0.15) is 6.04 Å². The van der Waals surface area contributed by atoms with Gasteiger partial charge in [0.2, 0.25) is 5.91 Å². The molecule has 1 saturated heterocycles. The number of nitrogens with zero attached hydrogens (tertiary/aromatic N) is 1. The van der Waals surface area contributed by atoms with E-state index in [4.69, 9.17) is 10.8 Å². The third kappa shape index (κ3) is 2.40. The Hall–Kier alpha value is -1.14. The Labute approximate surface area is 74.9 Å². The van der Waals surface area contributed by atoms with Crippen LogP contribution >= 0.6 is 0 Å². The number of likely N-dealkylation sites (tertiary alicyclic amines) is 1. The van der Waals surface area contributed by atoms with Crippen molar-refractivity contribution in [1.82, 2.24) is 4.90 Å². The third-order valence-corrected chi connectivity index (χ3v) is 2.03. The van der Waals surface area contributed by atoms with E-state index < -0.39 is 24.0 Å². The second-order valence-corrected chi connectivity index (χ2v) is 3.14. The fraction of sp³-hybridized carbons (Fsp3) is 0.714. The highest BCUT2D eigenvalue weighted by atomic mass is 16.4. The van der Waals surface area contributed by atoms with Crippen molar-refractivity contribution >= 4 is 11.9 Å². The summed E-state index contributed by atoms with van der Waals surface area (Å²) < 4.78 is 0. The number of hydrogen-bond acceptors (Lipinski definition) is 4. The van der Waals surface area contributed by atoms with Gasteiger partial charge in [-0.2, -0.15) is 0 Å². The molecule has 0 spiro atoms. The Balaban J connectivity index is 2.60. The Morgan fingerprint density at radius 1 is 1.54 bits per heavy atom. The van der Waals surface area contributed by atoms with Gasteiger partial charge in [0.05, 0.1) is 12.6 Å². The molecule has 6 nitrogen and oxygen atoms in total. The molecule has 0 aromatic heterocycles. The van der Waals surface area contributed by atoms with Crippen LogP contribution in [0, 0.1) is 0 Å². The summed E-state index contributed by atoms with van der Waals surface area (Å²) in [6.45, 7) is 0.0773. The maximum absolute atomic E-state index is 10.6. The highest BCUT2D eigenvalue weighted by Gasteiger charge is 2.36. The summed E-state index contributed by atoms with van der Waals surface area (Å²) in [5.41, 5.74) is 4.92. The third-order valence-electron chi connectivity index (χ3n) is 2.03. The molecule has 2 atom stereocenters. The van der Waals surface area contributed by atoms with E-state index in [0.29, 0.717) is 0 Å². The molecular formula is C7H12N2O4. The molecule has 1 aliphatic rings. The zero-order valence-corrected chi connectivity index (χ0v) is 7.01. The van der Waals surface area contributed by atoms with E-state index in [1.807, 2.05) is 0 Å². The molecule has 6 heteroatoms. The molecule has 1 amide bonds. The lowest BCUT2D eigenvalue weighted by atomic mass is 10.2. The summed E-state index contributed by atoms with van der Waals surface area (Å²) in [5, 5.41) is 17.9. The predicted molar refractivity (Wildman–Crippen MR) is 42.8 cm³/mol. The Kier molecular flexibility index (Phi) is 2.84. The number of carboxylic acid groups (broad SMARTS) is 1. The fourth-order valence-electron chi connectivity index (χ4n) is 1.51. The number of primary amides is 1. The number of nitrogens with two attached hydrogens (primary N) is 1. The van der Waals surface area contributed by atoms with E-state index in [-0.39, 0.29) is 19.5 Å². The summed E-state index contributed by atoms with van der Waals surface area (Å²) in [6.07, 6.45) is -0.525. The van der Waals surface area contributed by atoms with Crippen LogP contribution in [0.3, 0.4) is 0 Å². The number of carboxylic acids is 1. The van der Waals surface area contributed by atoms with Crippen molar-refractivity contribution in [1.29, 1.82) is 0 Å². The van der Waals surface area contributed by atoms with Gasteiger partial charge in [-0.05, 0) is 0 Å². The van der Waals surface area contributed by atoms with E-state index in [1.165, 1.54) is 4.90 Å². The number of rotatable bonds is 3. The lowest BCUT2D eigenvalue weighted by molar-refractivity contribution is -0.142. The van der Waals surface area contributed by atoms with E-state index >= 15 is 0 Å².